The second-order valence-electron chi connectivity index (χ2n) is 6.12. The zero-order valence-electron chi connectivity index (χ0n) is 12.6. The fraction of sp³-hybridized carbons (Fsp3) is 0.647. The number of hydrogen-bond donors (Lipinski definition) is 1. The molecule has 1 saturated heterocycles. The average Bonchev–Trinajstić information content (AvgIpc) is 3.32. The number of methoxy groups -OCH3 is 1. The molecule has 2 fully saturated rings. The number of ether oxygens (including phenoxy) is 1. The fourth-order valence-corrected chi connectivity index (χ4v) is 3.74. The van der Waals surface area contributed by atoms with Crippen molar-refractivity contribution in [3.05, 3.63) is 29.8 Å². The summed E-state index contributed by atoms with van der Waals surface area (Å²) in [7, 11) is 3.85. The highest BCUT2D eigenvalue weighted by Crippen LogP contribution is 2.44. The Bertz CT molecular complexity index is 442. The largest absolute Gasteiger partial charge is 0.496 e. The van der Waals surface area contributed by atoms with E-state index in [0.29, 0.717) is 12.0 Å². The van der Waals surface area contributed by atoms with Crippen LogP contribution in [-0.2, 0) is 0 Å². The van der Waals surface area contributed by atoms with Crippen LogP contribution in [0.1, 0.15) is 37.3 Å². The van der Waals surface area contributed by atoms with E-state index in [9.17, 15) is 0 Å². The molecule has 0 spiro atoms. The Morgan fingerprint density at radius 3 is 2.75 bits per heavy atom. The van der Waals surface area contributed by atoms with Crippen molar-refractivity contribution in [2.24, 2.45) is 5.92 Å². The zero-order valence-corrected chi connectivity index (χ0v) is 12.6. The van der Waals surface area contributed by atoms with Gasteiger partial charge in [-0.3, -0.25) is 4.90 Å². The SMILES string of the molecule is CNCC1CCCN(C2CC2)C1c1ccccc1OC. The Balaban J connectivity index is 1.93. The predicted octanol–water partition coefficient (Wildman–Crippen LogP) is 2.83. The summed E-state index contributed by atoms with van der Waals surface area (Å²) in [4.78, 5) is 2.74. The minimum atomic E-state index is 0.514. The third kappa shape index (κ3) is 2.70. The van der Waals surface area contributed by atoms with Crippen LogP contribution in [0.15, 0.2) is 24.3 Å². The molecule has 0 radical (unpaired) electrons. The molecule has 3 rings (SSSR count). The third-order valence-electron chi connectivity index (χ3n) is 4.73. The lowest BCUT2D eigenvalue weighted by Crippen LogP contribution is -2.43. The van der Waals surface area contributed by atoms with Gasteiger partial charge in [0, 0.05) is 17.6 Å². The van der Waals surface area contributed by atoms with Crippen molar-refractivity contribution in [1.82, 2.24) is 10.2 Å². The third-order valence-corrected chi connectivity index (χ3v) is 4.73. The fourth-order valence-electron chi connectivity index (χ4n) is 3.74. The van der Waals surface area contributed by atoms with E-state index in [-0.39, 0.29) is 0 Å². The smallest absolute Gasteiger partial charge is 0.123 e. The van der Waals surface area contributed by atoms with Crippen LogP contribution in [0.4, 0.5) is 0 Å². The molecular weight excluding hydrogens is 248 g/mol. The van der Waals surface area contributed by atoms with Crippen LogP contribution in [0, 0.1) is 5.92 Å². The first kappa shape index (κ1) is 13.9. The molecule has 0 amide bonds. The molecule has 0 bridgehead atoms. The van der Waals surface area contributed by atoms with Gasteiger partial charge in [0.2, 0.25) is 0 Å². The van der Waals surface area contributed by atoms with Gasteiger partial charge in [-0.1, -0.05) is 18.2 Å². The lowest BCUT2D eigenvalue weighted by molar-refractivity contribution is 0.0826. The first-order valence-corrected chi connectivity index (χ1v) is 7.88. The Hall–Kier alpha value is -1.06. The van der Waals surface area contributed by atoms with Gasteiger partial charge in [0.1, 0.15) is 5.75 Å². The van der Waals surface area contributed by atoms with E-state index < -0.39 is 0 Å². The molecule has 2 unspecified atom stereocenters. The van der Waals surface area contributed by atoms with Gasteiger partial charge in [0.05, 0.1) is 7.11 Å². The maximum atomic E-state index is 5.63. The number of likely N-dealkylation sites (tertiary alicyclic amines) is 1. The second-order valence-corrected chi connectivity index (χ2v) is 6.12. The highest BCUT2D eigenvalue weighted by molar-refractivity contribution is 5.37. The first-order chi connectivity index (χ1) is 9.85. The molecule has 1 saturated carbocycles. The molecule has 1 heterocycles. The predicted molar refractivity (Wildman–Crippen MR) is 82.1 cm³/mol. The Morgan fingerprint density at radius 2 is 2.05 bits per heavy atom. The summed E-state index contributed by atoms with van der Waals surface area (Å²) in [5, 5.41) is 3.39. The number of piperidine rings is 1. The van der Waals surface area contributed by atoms with Crippen LogP contribution in [-0.4, -0.2) is 38.2 Å². The van der Waals surface area contributed by atoms with Crippen molar-refractivity contribution < 1.29 is 4.74 Å². The molecule has 1 aliphatic carbocycles. The Labute approximate surface area is 122 Å². The molecule has 110 valence electrons. The number of nitrogens with zero attached hydrogens (tertiary/aromatic N) is 1. The Kier molecular flexibility index (Phi) is 4.27. The van der Waals surface area contributed by atoms with Crippen molar-refractivity contribution in [2.75, 3.05) is 27.2 Å². The van der Waals surface area contributed by atoms with Gasteiger partial charge >= 0.3 is 0 Å². The summed E-state index contributed by atoms with van der Waals surface area (Å²) in [6, 6.07) is 9.90. The van der Waals surface area contributed by atoms with Crippen molar-refractivity contribution in [3.63, 3.8) is 0 Å². The molecule has 0 aromatic heterocycles. The highest BCUT2D eigenvalue weighted by Gasteiger charge is 2.41. The number of para-hydroxylation sites is 1. The molecule has 2 atom stereocenters. The summed E-state index contributed by atoms with van der Waals surface area (Å²) in [6.07, 6.45) is 5.39. The number of benzene rings is 1. The second kappa shape index (κ2) is 6.15. The lowest BCUT2D eigenvalue weighted by Gasteiger charge is -2.42. The zero-order chi connectivity index (χ0) is 13.9. The van der Waals surface area contributed by atoms with E-state index in [2.05, 4.69) is 41.5 Å². The van der Waals surface area contributed by atoms with Crippen molar-refractivity contribution >= 4 is 0 Å². The average molecular weight is 274 g/mol. The van der Waals surface area contributed by atoms with Crippen LogP contribution in [0.3, 0.4) is 0 Å². The molecule has 3 nitrogen and oxygen atoms in total. The van der Waals surface area contributed by atoms with Gasteiger partial charge < -0.3 is 10.1 Å². The minimum absolute atomic E-state index is 0.514. The molecule has 1 aromatic carbocycles. The van der Waals surface area contributed by atoms with Crippen LogP contribution >= 0.6 is 0 Å². The van der Waals surface area contributed by atoms with E-state index >= 15 is 0 Å². The van der Waals surface area contributed by atoms with Crippen LogP contribution in [0.2, 0.25) is 0 Å². The topological polar surface area (TPSA) is 24.5 Å². The van der Waals surface area contributed by atoms with E-state index in [1.165, 1.54) is 37.8 Å². The quantitative estimate of drug-likeness (QED) is 0.893. The van der Waals surface area contributed by atoms with Gasteiger partial charge in [0.25, 0.3) is 0 Å². The Morgan fingerprint density at radius 1 is 1.25 bits per heavy atom. The maximum absolute atomic E-state index is 5.63. The van der Waals surface area contributed by atoms with Crippen molar-refractivity contribution in [2.45, 2.75) is 37.8 Å². The molecule has 1 N–H and O–H groups in total. The number of rotatable bonds is 5. The van der Waals surface area contributed by atoms with Crippen LogP contribution in [0.5, 0.6) is 5.75 Å². The molecule has 3 heteroatoms. The summed E-state index contributed by atoms with van der Waals surface area (Å²) < 4.78 is 5.63. The number of hydrogen-bond acceptors (Lipinski definition) is 3. The minimum Gasteiger partial charge on any atom is -0.496 e. The summed E-state index contributed by atoms with van der Waals surface area (Å²) in [5.74, 6) is 1.73. The van der Waals surface area contributed by atoms with E-state index in [4.69, 9.17) is 4.74 Å². The van der Waals surface area contributed by atoms with Crippen molar-refractivity contribution in [3.8, 4) is 5.75 Å². The highest BCUT2D eigenvalue weighted by atomic mass is 16.5. The van der Waals surface area contributed by atoms with Gasteiger partial charge in [-0.05, 0) is 57.8 Å². The summed E-state index contributed by atoms with van der Waals surface area (Å²) >= 11 is 0. The van der Waals surface area contributed by atoms with Crippen LogP contribution < -0.4 is 10.1 Å². The van der Waals surface area contributed by atoms with E-state index in [1.807, 2.05) is 0 Å². The monoisotopic (exact) mass is 274 g/mol. The summed E-state index contributed by atoms with van der Waals surface area (Å²) in [5.41, 5.74) is 1.38. The lowest BCUT2D eigenvalue weighted by atomic mass is 9.84. The molecule has 2 aliphatic rings. The molecule has 1 aliphatic heterocycles. The van der Waals surface area contributed by atoms with Gasteiger partial charge in [-0.2, -0.15) is 0 Å². The molecular formula is C17H26N2O. The standard InChI is InChI=1S/C17H26N2O/c1-18-12-13-6-5-11-19(14-9-10-14)17(13)15-7-3-4-8-16(15)20-2/h3-4,7-8,13-14,17-18H,5-6,9-12H2,1-2H3. The first-order valence-electron chi connectivity index (χ1n) is 7.88. The molecule has 20 heavy (non-hydrogen) atoms. The van der Waals surface area contributed by atoms with Gasteiger partial charge in [-0.25, -0.2) is 0 Å². The maximum Gasteiger partial charge on any atom is 0.123 e. The van der Waals surface area contributed by atoms with Crippen LogP contribution in [0.25, 0.3) is 0 Å². The van der Waals surface area contributed by atoms with Crippen molar-refractivity contribution in [1.29, 1.82) is 0 Å². The number of nitrogens with one attached hydrogen (secondary N) is 1. The van der Waals surface area contributed by atoms with E-state index in [0.717, 1.165) is 18.3 Å². The van der Waals surface area contributed by atoms with E-state index in [1.54, 1.807) is 7.11 Å². The summed E-state index contributed by atoms with van der Waals surface area (Å²) in [6.45, 7) is 2.33. The molecule has 1 aromatic rings. The van der Waals surface area contributed by atoms with Gasteiger partial charge in [0.15, 0.2) is 0 Å². The van der Waals surface area contributed by atoms with Gasteiger partial charge in [-0.15, -0.1) is 0 Å². The normalized spacial score (nSPS) is 27.5.